The van der Waals surface area contributed by atoms with Crippen LogP contribution in [-0.4, -0.2) is 4.98 Å². The number of nitrogens with two attached hydrogens (primary N) is 2. The number of aromatic nitrogens is 1. The minimum absolute atomic E-state index is 0. The number of rotatable bonds is 0. The van der Waals surface area contributed by atoms with Crippen LogP contribution in [0.5, 0.6) is 0 Å². The van der Waals surface area contributed by atoms with E-state index in [4.69, 9.17) is 11.5 Å². The van der Waals surface area contributed by atoms with Crippen molar-refractivity contribution in [2.24, 2.45) is 0 Å². The molecule has 0 unspecified atom stereocenters. The van der Waals surface area contributed by atoms with Gasteiger partial charge in [0.15, 0.2) is 0 Å². The maximum Gasteiger partial charge on any atom is 0.0730 e. The SMILES string of the molecule is Cl.Cl.Nc1ccc2cc3ccc(N)cc3nc2c1. The van der Waals surface area contributed by atoms with Crippen LogP contribution in [0.4, 0.5) is 11.4 Å². The highest BCUT2D eigenvalue weighted by atomic mass is 35.5. The number of nitrogens with zero attached hydrogens (tertiary/aromatic N) is 1. The van der Waals surface area contributed by atoms with Crippen LogP contribution in [-0.2, 0) is 0 Å². The molecule has 3 rings (SSSR count). The monoisotopic (exact) mass is 281 g/mol. The lowest BCUT2D eigenvalue weighted by Crippen LogP contribution is -1.89. The molecular formula is C13H13Cl2N3. The highest BCUT2D eigenvalue weighted by molar-refractivity contribution is 5.94. The fraction of sp³-hybridized carbons (Fsp3) is 0. The van der Waals surface area contributed by atoms with Crippen molar-refractivity contribution in [1.82, 2.24) is 4.98 Å². The quantitative estimate of drug-likeness (QED) is 0.490. The van der Waals surface area contributed by atoms with E-state index in [1.165, 1.54) is 0 Å². The molecule has 5 heteroatoms. The fourth-order valence-corrected chi connectivity index (χ4v) is 1.86. The summed E-state index contributed by atoms with van der Waals surface area (Å²) < 4.78 is 0. The van der Waals surface area contributed by atoms with E-state index in [1.807, 2.05) is 36.4 Å². The third-order valence-electron chi connectivity index (χ3n) is 2.66. The van der Waals surface area contributed by atoms with Crippen molar-refractivity contribution in [3.8, 4) is 0 Å². The summed E-state index contributed by atoms with van der Waals surface area (Å²) in [7, 11) is 0. The Morgan fingerprint density at radius 3 is 1.56 bits per heavy atom. The Bertz CT molecular complexity index is 641. The van der Waals surface area contributed by atoms with E-state index in [0.29, 0.717) is 0 Å². The van der Waals surface area contributed by atoms with Gasteiger partial charge in [-0.2, -0.15) is 0 Å². The summed E-state index contributed by atoms with van der Waals surface area (Å²) in [5, 5.41) is 2.18. The Morgan fingerprint density at radius 1 is 0.667 bits per heavy atom. The third-order valence-corrected chi connectivity index (χ3v) is 2.66. The second kappa shape index (κ2) is 5.29. The van der Waals surface area contributed by atoms with Crippen LogP contribution in [0.3, 0.4) is 0 Å². The van der Waals surface area contributed by atoms with E-state index in [0.717, 1.165) is 33.2 Å². The van der Waals surface area contributed by atoms with Crippen molar-refractivity contribution in [1.29, 1.82) is 0 Å². The van der Waals surface area contributed by atoms with E-state index < -0.39 is 0 Å². The van der Waals surface area contributed by atoms with Gasteiger partial charge in [0.25, 0.3) is 0 Å². The second-order valence-electron chi connectivity index (χ2n) is 3.89. The first kappa shape index (κ1) is 14.4. The predicted molar refractivity (Wildman–Crippen MR) is 82.6 cm³/mol. The number of fused-ring (bicyclic) bond motifs is 2. The molecule has 0 aliphatic carbocycles. The number of hydrogen-bond acceptors (Lipinski definition) is 3. The molecule has 0 radical (unpaired) electrons. The standard InChI is InChI=1S/C13H11N3.2ClH/c14-10-3-1-8-5-9-2-4-11(15)7-13(9)16-12(8)6-10;;/h1-7H,14-15H2;2*1H. The highest BCUT2D eigenvalue weighted by Gasteiger charge is 2.00. The molecular weight excluding hydrogens is 269 g/mol. The molecule has 94 valence electrons. The van der Waals surface area contributed by atoms with Crippen LogP contribution >= 0.6 is 24.8 Å². The van der Waals surface area contributed by atoms with Gasteiger partial charge >= 0.3 is 0 Å². The summed E-state index contributed by atoms with van der Waals surface area (Å²) in [6.45, 7) is 0. The van der Waals surface area contributed by atoms with Gasteiger partial charge in [-0.3, -0.25) is 0 Å². The molecule has 0 fully saturated rings. The van der Waals surface area contributed by atoms with Gasteiger partial charge in [-0.1, -0.05) is 12.1 Å². The average Bonchev–Trinajstić information content (AvgIpc) is 2.26. The molecule has 0 aliphatic heterocycles. The Labute approximate surface area is 117 Å². The minimum atomic E-state index is 0. The zero-order valence-corrected chi connectivity index (χ0v) is 11.1. The molecule has 0 amide bonds. The van der Waals surface area contributed by atoms with Crippen LogP contribution < -0.4 is 11.5 Å². The van der Waals surface area contributed by atoms with E-state index in [2.05, 4.69) is 11.1 Å². The summed E-state index contributed by atoms with van der Waals surface area (Å²) >= 11 is 0. The van der Waals surface area contributed by atoms with Crippen LogP contribution in [0.1, 0.15) is 0 Å². The molecule has 0 bridgehead atoms. The van der Waals surface area contributed by atoms with E-state index in [-0.39, 0.29) is 24.8 Å². The van der Waals surface area contributed by atoms with Crippen molar-refractivity contribution >= 4 is 58.0 Å². The Hall–Kier alpha value is -1.71. The number of benzene rings is 2. The summed E-state index contributed by atoms with van der Waals surface area (Å²) in [6.07, 6.45) is 0. The van der Waals surface area contributed by atoms with Crippen LogP contribution in [0, 0.1) is 0 Å². The van der Waals surface area contributed by atoms with Gasteiger partial charge < -0.3 is 11.5 Å². The lowest BCUT2D eigenvalue weighted by atomic mass is 10.1. The minimum Gasteiger partial charge on any atom is -0.399 e. The molecule has 0 aliphatic rings. The predicted octanol–water partition coefficient (Wildman–Crippen LogP) is 3.40. The molecule has 2 aromatic carbocycles. The molecule has 0 saturated heterocycles. The van der Waals surface area contributed by atoms with E-state index >= 15 is 0 Å². The first-order chi connectivity index (χ1) is 7.72. The van der Waals surface area contributed by atoms with Crippen LogP contribution in [0.2, 0.25) is 0 Å². The zero-order chi connectivity index (χ0) is 11.1. The van der Waals surface area contributed by atoms with Crippen molar-refractivity contribution in [3.63, 3.8) is 0 Å². The van der Waals surface area contributed by atoms with Crippen molar-refractivity contribution in [2.75, 3.05) is 11.5 Å². The molecule has 3 nitrogen and oxygen atoms in total. The molecule has 0 saturated carbocycles. The van der Waals surface area contributed by atoms with Gasteiger partial charge in [-0.05, 0) is 30.3 Å². The normalized spacial score (nSPS) is 9.78. The number of nitrogen functional groups attached to an aromatic ring is 2. The number of halogens is 2. The zero-order valence-electron chi connectivity index (χ0n) is 9.46. The molecule has 0 atom stereocenters. The van der Waals surface area contributed by atoms with Gasteiger partial charge in [-0.25, -0.2) is 4.98 Å². The summed E-state index contributed by atoms with van der Waals surface area (Å²) in [5.74, 6) is 0. The van der Waals surface area contributed by atoms with Crippen LogP contribution in [0.15, 0.2) is 42.5 Å². The number of anilines is 2. The highest BCUT2D eigenvalue weighted by Crippen LogP contribution is 2.22. The largest absolute Gasteiger partial charge is 0.399 e. The first-order valence-corrected chi connectivity index (χ1v) is 5.08. The van der Waals surface area contributed by atoms with E-state index in [1.54, 1.807) is 0 Å². The molecule has 0 spiro atoms. The lowest BCUT2D eigenvalue weighted by molar-refractivity contribution is 1.50. The van der Waals surface area contributed by atoms with Crippen molar-refractivity contribution < 1.29 is 0 Å². The van der Waals surface area contributed by atoms with Gasteiger partial charge in [0.1, 0.15) is 0 Å². The van der Waals surface area contributed by atoms with Gasteiger partial charge in [-0.15, -0.1) is 24.8 Å². The number of pyridine rings is 1. The molecule has 18 heavy (non-hydrogen) atoms. The topological polar surface area (TPSA) is 64.9 Å². The maximum absolute atomic E-state index is 5.73. The first-order valence-electron chi connectivity index (χ1n) is 5.08. The smallest absolute Gasteiger partial charge is 0.0730 e. The molecule has 4 N–H and O–H groups in total. The maximum atomic E-state index is 5.73. The lowest BCUT2D eigenvalue weighted by Gasteiger charge is -2.03. The summed E-state index contributed by atoms with van der Waals surface area (Å²) in [5.41, 5.74) is 14.7. The Morgan fingerprint density at radius 2 is 1.11 bits per heavy atom. The van der Waals surface area contributed by atoms with Gasteiger partial charge in [0.05, 0.1) is 11.0 Å². The van der Waals surface area contributed by atoms with Gasteiger partial charge in [0, 0.05) is 22.1 Å². The van der Waals surface area contributed by atoms with Gasteiger partial charge in [0.2, 0.25) is 0 Å². The third kappa shape index (κ3) is 2.42. The van der Waals surface area contributed by atoms with Crippen molar-refractivity contribution in [3.05, 3.63) is 42.5 Å². The molecule has 3 aromatic rings. The summed E-state index contributed by atoms with van der Waals surface area (Å²) in [4.78, 5) is 4.54. The van der Waals surface area contributed by atoms with Crippen LogP contribution in [0.25, 0.3) is 21.8 Å². The van der Waals surface area contributed by atoms with Crippen molar-refractivity contribution in [2.45, 2.75) is 0 Å². The fourth-order valence-electron chi connectivity index (χ4n) is 1.86. The molecule has 1 aromatic heterocycles. The van der Waals surface area contributed by atoms with E-state index in [9.17, 15) is 0 Å². The second-order valence-corrected chi connectivity index (χ2v) is 3.89. The average molecular weight is 282 g/mol. The Kier molecular flexibility index (Phi) is 4.22. The molecule has 1 heterocycles. The Balaban J connectivity index is 0.000000810. The summed E-state index contributed by atoms with van der Waals surface area (Å²) in [6, 6.07) is 13.6. The number of hydrogen-bond donors (Lipinski definition) is 2.